The van der Waals surface area contributed by atoms with Gasteiger partial charge in [0.15, 0.2) is 0 Å². The Morgan fingerprint density at radius 2 is 1.82 bits per heavy atom. The highest BCUT2D eigenvalue weighted by Crippen LogP contribution is 2.35. The average molecular weight is 349 g/mol. The first-order valence-electron chi connectivity index (χ1n) is 7.89. The fourth-order valence-corrected chi connectivity index (χ4v) is 3.08. The third-order valence-electron chi connectivity index (χ3n) is 4.18. The van der Waals surface area contributed by atoms with Crippen LogP contribution in [0.25, 0.3) is 0 Å². The second kappa shape index (κ2) is 10.3. The van der Waals surface area contributed by atoms with Crippen LogP contribution in [0.2, 0.25) is 0 Å². The van der Waals surface area contributed by atoms with Crippen molar-refractivity contribution in [3.8, 4) is 5.75 Å². The Morgan fingerprint density at radius 1 is 1.18 bits per heavy atom. The molecule has 1 aromatic rings. The molecule has 0 aromatic heterocycles. The maximum atomic E-state index is 10.6. The first-order valence-corrected chi connectivity index (χ1v) is 7.89. The highest BCUT2D eigenvalue weighted by atomic mass is 35.5. The Balaban J connectivity index is 0.00000220. The second-order valence-electron chi connectivity index (χ2n) is 6.14. The van der Waals surface area contributed by atoms with E-state index in [2.05, 4.69) is 43.1 Å². The molecule has 0 bridgehead atoms. The highest BCUT2D eigenvalue weighted by molar-refractivity contribution is 5.85. The van der Waals surface area contributed by atoms with Crippen LogP contribution >= 0.6 is 24.8 Å². The molecule has 5 heteroatoms. The minimum absolute atomic E-state index is 0. The number of para-hydroxylation sites is 1. The number of piperazine rings is 1. The third-order valence-corrected chi connectivity index (χ3v) is 4.18. The van der Waals surface area contributed by atoms with Gasteiger partial charge in [0.2, 0.25) is 0 Å². The maximum Gasteiger partial charge on any atom is 0.123 e. The zero-order valence-electron chi connectivity index (χ0n) is 13.8. The molecule has 1 aliphatic heterocycles. The number of nitrogens with zero attached hydrogens (tertiary/aromatic N) is 1. The number of aryl methyl sites for hydroxylation is 1. The van der Waals surface area contributed by atoms with Crippen LogP contribution in [0, 0.1) is 5.92 Å². The van der Waals surface area contributed by atoms with Crippen LogP contribution in [0.5, 0.6) is 5.75 Å². The third kappa shape index (κ3) is 5.31. The standard InChI is InChI=1S/C17H28N2O.2ClH/c1-4-14-6-5-7-15(17(14)20)16(12-13(2)3)19-10-8-18-9-11-19;;/h5-7,13,16,18,20H,4,8-12H2,1-3H3;2*1H/t16-;;/m0../s1. The molecule has 1 aromatic carbocycles. The Labute approximate surface area is 147 Å². The second-order valence-corrected chi connectivity index (χ2v) is 6.14. The summed E-state index contributed by atoms with van der Waals surface area (Å²) in [5, 5.41) is 14.0. The van der Waals surface area contributed by atoms with E-state index in [0.29, 0.717) is 17.7 Å². The molecule has 1 fully saturated rings. The topological polar surface area (TPSA) is 35.5 Å². The largest absolute Gasteiger partial charge is 0.507 e. The van der Waals surface area contributed by atoms with E-state index >= 15 is 0 Å². The number of benzene rings is 1. The molecule has 0 saturated carbocycles. The van der Waals surface area contributed by atoms with Gasteiger partial charge in [-0.15, -0.1) is 24.8 Å². The molecule has 2 N–H and O–H groups in total. The minimum atomic E-state index is 0. The van der Waals surface area contributed by atoms with Crippen LogP contribution in [0.15, 0.2) is 18.2 Å². The van der Waals surface area contributed by atoms with Gasteiger partial charge in [0.25, 0.3) is 0 Å². The van der Waals surface area contributed by atoms with Crippen LogP contribution in [0.1, 0.15) is 44.4 Å². The average Bonchev–Trinajstić information content (AvgIpc) is 2.46. The van der Waals surface area contributed by atoms with Gasteiger partial charge in [0.1, 0.15) is 5.75 Å². The summed E-state index contributed by atoms with van der Waals surface area (Å²) < 4.78 is 0. The van der Waals surface area contributed by atoms with Crippen molar-refractivity contribution in [2.24, 2.45) is 5.92 Å². The summed E-state index contributed by atoms with van der Waals surface area (Å²) in [7, 11) is 0. The van der Waals surface area contributed by atoms with Gasteiger partial charge in [0.05, 0.1) is 0 Å². The van der Waals surface area contributed by atoms with Gasteiger partial charge >= 0.3 is 0 Å². The van der Waals surface area contributed by atoms with E-state index in [1.54, 1.807) is 0 Å². The predicted octanol–water partition coefficient (Wildman–Crippen LogP) is 3.79. The Kier molecular flexibility index (Phi) is 10.1. The Bertz CT molecular complexity index is 435. The van der Waals surface area contributed by atoms with E-state index in [9.17, 15) is 5.11 Å². The first-order chi connectivity index (χ1) is 9.63. The van der Waals surface area contributed by atoms with Crippen LogP contribution in [0.3, 0.4) is 0 Å². The van der Waals surface area contributed by atoms with Crippen molar-refractivity contribution >= 4 is 24.8 Å². The molecule has 128 valence electrons. The van der Waals surface area contributed by atoms with Crippen molar-refractivity contribution in [1.82, 2.24) is 10.2 Å². The number of hydrogen-bond donors (Lipinski definition) is 2. The zero-order valence-corrected chi connectivity index (χ0v) is 15.5. The maximum absolute atomic E-state index is 10.6. The summed E-state index contributed by atoms with van der Waals surface area (Å²) in [5.41, 5.74) is 2.17. The molecule has 1 saturated heterocycles. The van der Waals surface area contributed by atoms with Crippen molar-refractivity contribution < 1.29 is 5.11 Å². The molecule has 2 rings (SSSR count). The van der Waals surface area contributed by atoms with Gasteiger partial charge in [-0.25, -0.2) is 0 Å². The number of nitrogens with one attached hydrogen (secondary N) is 1. The van der Waals surface area contributed by atoms with E-state index in [1.165, 1.54) is 0 Å². The molecule has 0 aliphatic carbocycles. The smallest absolute Gasteiger partial charge is 0.123 e. The lowest BCUT2D eigenvalue weighted by atomic mass is 9.92. The molecule has 1 atom stereocenters. The van der Waals surface area contributed by atoms with Crippen LogP contribution in [-0.4, -0.2) is 36.2 Å². The predicted molar refractivity (Wildman–Crippen MR) is 98.6 cm³/mol. The summed E-state index contributed by atoms with van der Waals surface area (Å²) in [6, 6.07) is 6.55. The van der Waals surface area contributed by atoms with Crippen molar-refractivity contribution in [1.29, 1.82) is 0 Å². The van der Waals surface area contributed by atoms with Gasteiger partial charge in [-0.05, 0) is 24.3 Å². The fraction of sp³-hybridized carbons (Fsp3) is 0.647. The normalized spacial score (nSPS) is 16.7. The number of phenolic OH excluding ortho intramolecular Hbond substituents is 1. The molecule has 0 unspecified atom stereocenters. The van der Waals surface area contributed by atoms with Gasteiger partial charge in [-0.2, -0.15) is 0 Å². The van der Waals surface area contributed by atoms with Crippen molar-refractivity contribution in [3.63, 3.8) is 0 Å². The lowest BCUT2D eigenvalue weighted by Crippen LogP contribution is -2.45. The number of halogens is 2. The zero-order chi connectivity index (χ0) is 14.5. The molecule has 0 amide bonds. The van der Waals surface area contributed by atoms with E-state index in [0.717, 1.165) is 50.1 Å². The molecule has 1 aliphatic rings. The fourth-order valence-electron chi connectivity index (χ4n) is 3.08. The lowest BCUT2D eigenvalue weighted by Gasteiger charge is -2.36. The number of hydrogen-bond acceptors (Lipinski definition) is 3. The van der Waals surface area contributed by atoms with Gasteiger partial charge in [0, 0.05) is 37.8 Å². The Hall–Kier alpha value is -0.480. The van der Waals surface area contributed by atoms with Crippen LogP contribution < -0.4 is 5.32 Å². The van der Waals surface area contributed by atoms with E-state index in [-0.39, 0.29) is 24.8 Å². The molecular weight excluding hydrogens is 319 g/mol. The summed E-state index contributed by atoms with van der Waals surface area (Å²) in [6.07, 6.45) is 1.98. The minimum Gasteiger partial charge on any atom is -0.507 e. The van der Waals surface area contributed by atoms with Gasteiger partial charge < -0.3 is 10.4 Å². The summed E-state index contributed by atoms with van der Waals surface area (Å²) in [4.78, 5) is 2.52. The molecule has 22 heavy (non-hydrogen) atoms. The van der Waals surface area contributed by atoms with E-state index in [1.807, 2.05) is 6.07 Å². The lowest BCUT2D eigenvalue weighted by molar-refractivity contribution is 0.151. The van der Waals surface area contributed by atoms with Crippen molar-refractivity contribution in [2.45, 2.75) is 39.7 Å². The quantitative estimate of drug-likeness (QED) is 0.849. The molecule has 0 radical (unpaired) electrons. The van der Waals surface area contributed by atoms with E-state index < -0.39 is 0 Å². The first kappa shape index (κ1) is 21.5. The Morgan fingerprint density at radius 3 is 2.36 bits per heavy atom. The van der Waals surface area contributed by atoms with Gasteiger partial charge in [-0.1, -0.05) is 39.0 Å². The molecular formula is C17H30Cl2N2O. The molecule has 1 heterocycles. The van der Waals surface area contributed by atoms with Crippen LogP contribution in [0.4, 0.5) is 0 Å². The SMILES string of the molecule is CCc1cccc([C@H](CC(C)C)N2CCNCC2)c1O.Cl.Cl. The monoisotopic (exact) mass is 348 g/mol. The van der Waals surface area contributed by atoms with Crippen LogP contribution in [-0.2, 0) is 6.42 Å². The summed E-state index contributed by atoms with van der Waals surface area (Å²) >= 11 is 0. The number of aromatic hydroxyl groups is 1. The van der Waals surface area contributed by atoms with Gasteiger partial charge in [-0.3, -0.25) is 4.90 Å². The van der Waals surface area contributed by atoms with E-state index in [4.69, 9.17) is 0 Å². The summed E-state index contributed by atoms with van der Waals surface area (Å²) in [5.74, 6) is 1.14. The van der Waals surface area contributed by atoms with Crippen molar-refractivity contribution in [3.05, 3.63) is 29.3 Å². The highest BCUT2D eigenvalue weighted by Gasteiger charge is 2.25. The molecule has 3 nitrogen and oxygen atoms in total. The van der Waals surface area contributed by atoms with Crippen molar-refractivity contribution in [2.75, 3.05) is 26.2 Å². The summed E-state index contributed by atoms with van der Waals surface area (Å²) in [6.45, 7) is 10.8. The number of rotatable bonds is 5. The number of phenols is 1. The molecule has 0 spiro atoms.